The van der Waals surface area contributed by atoms with Crippen LogP contribution >= 0.6 is 0 Å². The van der Waals surface area contributed by atoms with Crippen LogP contribution in [-0.4, -0.2) is 72.7 Å². The standard InChI is InChI=1S/C23H25N3O3/c1-24(2)13-17-14-25(15-17)21(27)18-8-9-19-20(12-18)23(29)26(22(19)28)11-10-16-6-4-3-5-7-16/h3-9,12,17H,10-11,13-15H2,1-2H3. The van der Waals surface area contributed by atoms with Crippen LogP contribution in [0.5, 0.6) is 0 Å². The summed E-state index contributed by atoms with van der Waals surface area (Å²) in [5, 5.41) is 0. The molecule has 2 aromatic rings. The Labute approximate surface area is 170 Å². The number of benzene rings is 2. The second-order valence-corrected chi connectivity index (χ2v) is 8.10. The molecule has 3 amide bonds. The third-order valence-electron chi connectivity index (χ3n) is 5.55. The number of carbonyl (C=O) groups excluding carboxylic acids is 3. The van der Waals surface area contributed by atoms with E-state index in [-0.39, 0.29) is 17.7 Å². The van der Waals surface area contributed by atoms with Crippen molar-refractivity contribution >= 4 is 17.7 Å². The van der Waals surface area contributed by atoms with Crippen LogP contribution in [0.3, 0.4) is 0 Å². The van der Waals surface area contributed by atoms with E-state index in [4.69, 9.17) is 0 Å². The lowest BCUT2D eigenvalue weighted by Gasteiger charge is -2.40. The van der Waals surface area contributed by atoms with E-state index in [1.807, 2.05) is 44.4 Å². The first kappa shape index (κ1) is 19.3. The van der Waals surface area contributed by atoms with Crippen molar-refractivity contribution in [3.05, 3.63) is 70.8 Å². The quantitative estimate of drug-likeness (QED) is 0.708. The summed E-state index contributed by atoms with van der Waals surface area (Å²) in [6.07, 6.45) is 0.610. The number of hydrogen-bond acceptors (Lipinski definition) is 4. The van der Waals surface area contributed by atoms with Gasteiger partial charge in [0.15, 0.2) is 0 Å². The van der Waals surface area contributed by atoms with Crippen LogP contribution in [0.2, 0.25) is 0 Å². The largest absolute Gasteiger partial charge is 0.338 e. The molecular weight excluding hydrogens is 366 g/mol. The zero-order chi connectivity index (χ0) is 20.5. The molecule has 2 aliphatic rings. The minimum Gasteiger partial charge on any atom is -0.338 e. The molecule has 2 aromatic carbocycles. The van der Waals surface area contributed by atoms with Gasteiger partial charge in [0.25, 0.3) is 17.7 Å². The predicted octanol–water partition coefficient (Wildman–Crippen LogP) is 2.16. The summed E-state index contributed by atoms with van der Waals surface area (Å²) >= 11 is 0. The molecule has 1 fully saturated rings. The second kappa shape index (κ2) is 7.79. The van der Waals surface area contributed by atoms with Crippen LogP contribution < -0.4 is 0 Å². The van der Waals surface area contributed by atoms with Crippen molar-refractivity contribution in [2.75, 3.05) is 40.3 Å². The van der Waals surface area contributed by atoms with Crippen LogP contribution in [0, 0.1) is 5.92 Å². The first-order valence-electron chi connectivity index (χ1n) is 9.92. The van der Waals surface area contributed by atoms with E-state index in [2.05, 4.69) is 4.90 Å². The Hall–Kier alpha value is -2.99. The number of hydrogen-bond donors (Lipinski definition) is 0. The third kappa shape index (κ3) is 3.80. The number of amides is 3. The Morgan fingerprint density at radius 2 is 1.69 bits per heavy atom. The number of likely N-dealkylation sites (tertiary alicyclic amines) is 1. The van der Waals surface area contributed by atoms with Gasteiger partial charge < -0.3 is 9.80 Å². The fourth-order valence-electron chi connectivity index (χ4n) is 4.06. The van der Waals surface area contributed by atoms with Gasteiger partial charge in [0.1, 0.15) is 0 Å². The molecule has 0 saturated carbocycles. The summed E-state index contributed by atoms with van der Waals surface area (Å²) in [4.78, 5) is 43.4. The van der Waals surface area contributed by atoms with Gasteiger partial charge in [0, 0.05) is 37.7 Å². The second-order valence-electron chi connectivity index (χ2n) is 8.10. The zero-order valence-electron chi connectivity index (χ0n) is 16.8. The van der Waals surface area contributed by atoms with Crippen molar-refractivity contribution < 1.29 is 14.4 Å². The number of rotatable bonds is 6. The lowest BCUT2D eigenvalue weighted by molar-refractivity contribution is 0.0450. The molecule has 1 saturated heterocycles. The summed E-state index contributed by atoms with van der Waals surface area (Å²) in [5.41, 5.74) is 2.26. The molecule has 0 atom stereocenters. The van der Waals surface area contributed by atoms with Crippen LogP contribution in [0.25, 0.3) is 0 Å². The molecule has 0 bridgehead atoms. The molecule has 0 radical (unpaired) electrons. The minimum atomic E-state index is -0.315. The van der Waals surface area contributed by atoms with Gasteiger partial charge in [-0.1, -0.05) is 30.3 Å². The zero-order valence-corrected chi connectivity index (χ0v) is 16.8. The maximum atomic E-state index is 12.8. The van der Waals surface area contributed by atoms with Gasteiger partial charge in [-0.15, -0.1) is 0 Å². The monoisotopic (exact) mass is 391 g/mol. The Kier molecular flexibility index (Phi) is 5.20. The van der Waals surface area contributed by atoms with Gasteiger partial charge in [0.05, 0.1) is 11.1 Å². The lowest BCUT2D eigenvalue weighted by atomic mass is 9.97. The van der Waals surface area contributed by atoms with Gasteiger partial charge in [0.2, 0.25) is 0 Å². The molecule has 2 aliphatic heterocycles. The number of carbonyl (C=O) groups is 3. The maximum Gasteiger partial charge on any atom is 0.261 e. The molecule has 29 heavy (non-hydrogen) atoms. The number of fused-ring (bicyclic) bond motifs is 1. The summed E-state index contributed by atoms with van der Waals surface area (Å²) in [6, 6.07) is 14.6. The highest BCUT2D eigenvalue weighted by Crippen LogP contribution is 2.26. The molecule has 6 heteroatoms. The molecule has 0 unspecified atom stereocenters. The van der Waals surface area contributed by atoms with Crippen LogP contribution in [0.1, 0.15) is 36.6 Å². The molecule has 4 rings (SSSR count). The van der Waals surface area contributed by atoms with Gasteiger partial charge >= 0.3 is 0 Å². The smallest absolute Gasteiger partial charge is 0.261 e. The van der Waals surface area contributed by atoms with Crippen LogP contribution in [0.4, 0.5) is 0 Å². The molecule has 150 valence electrons. The molecular formula is C23H25N3O3. The van der Waals surface area contributed by atoms with E-state index in [1.165, 1.54) is 4.90 Å². The van der Waals surface area contributed by atoms with Crippen molar-refractivity contribution in [1.29, 1.82) is 0 Å². The minimum absolute atomic E-state index is 0.0780. The number of imide groups is 1. The van der Waals surface area contributed by atoms with Gasteiger partial charge in [-0.3, -0.25) is 19.3 Å². The highest BCUT2D eigenvalue weighted by atomic mass is 16.2. The summed E-state index contributed by atoms with van der Waals surface area (Å²) < 4.78 is 0. The van der Waals surface area contributed by atoms with Gasteiger partial charge in [-0.05, 0) is 44.3 Å². The Balaban J connectivity index is 1.44. The Morgan fingerprint density at radius 3 is 2.38 bits per heavy atom. The molecule has 2 heterocycles. The van der Waals surface area contributed by atoms with Crippen molar-refractivity contribution in [3.8, 4) is 0 Å². The average Bonchev–Trinajstić information content (AvgIpc) is 2.92. The SMILES string of the molecule is CN(C)CC1CN(C(=O)c2ccc3c(c2)C(=O)N(CCc2ccccc2)C3=O)C1. The maximum absolute atomic E-state index is 12.8. The highest BCUT2D eigenvalue weighted by molar-refractivity contribution is 6.22. The van der Waals surface area contributed by atoms with E-state index in [0.717, 1.165) is 25.2 Å². The van der Waals surface area contributed by atoms with E-state index in [1.54, 1.807) is 23.1 Å². The van der Waals surface area contributed by atoms with Crippen molar-refractivity contribution in [2.24, 2.45) is 5.92 Å². The fraction of sp³-hybridized carbons (Fsp3) is 0.348. The topological polar surface area (TPSA) is 60.9 Å². The average molecular weight is 391 g/mol. The molecule has 0 spiro atoms. The normalized spacial score (nSPS) is 16.4. The third-order valence-corrected chi connectivity index (χ3v) is 5.55. The van der Waals surface area contributed by atoms with Crippen molar-refractivity contribution in [2.45, 2.75) is 6.42 Å². The highest BCUT2D eigenvalue weighted by Gasteiger charge is 2.37. The predicted molar refractivity (Wildman–Crippen MR) is 110 cm³/mol. The molecule has 0 aliphatic carbocycles. The summed E-state index contributed by atoms with van der Waals surface area (Å²) in [5.74, 6) is -0.189. The van der Waals surface area contributed by atoms with Gasteiger partial charge in [-0.25, -0.2) is 0 Å². The first-order chi connectivity index (χ1) is 13.9. The lowest BCUT2D eigenvalue weighted by Crippen LogP contribution is -2.53. The summed E-state index contributed by atoms with van der Waals surface area (Å²) in [7, 11) is 4.05. The number of nitrogens with zero attached hydrogens (tertiary/aromatic N) is 3. The van der Waals surface area contributed by atoms with E-state index in [9.17, 15) is 14.4 Å². The molecule has 6 nitrogen and oxygen atoms in total. The fourth-order valence-corrected chi connectivity index (χ4v) is 4.06. The van der Waals surface area contributed by atoms with E-state index >= 15 is 0 Å². The van der Waals surface area contributed by atoms with Crippen molar-refractivity contribution in [3.63, 3.8) is 0 Å². The Morgan fingerprint density at radius 1 is 1.00 bits per heavy atom. The molecule has 0 N–H and O–H groups in total. The Bertz CT molecular complexity index is 949. The van der Waals surface area contributed by atoms with Crippen LogP contribution in [-0.2, 0) is 6.42 Å². The van der Waals surface area contributed by atoms with Gasteiger partial charge in [-0.2, -0.15) is 0 Å². The van der Waals surface area contributed by atoms with E-state index in [0.29, 0.717) is 35.6 Å². The van der Waals surface area contributed by atoms with Crippen molar-refractivity contribution in [1.82, 2.24) is 14.7 Å². The van der Waals surface area contributed by atoms with E-state index < -0.39 is 0 Å². The van der Waals surface area contributed by atoms with Crippen LogP contribution in [0.15, 0.2) is 48.5 Å². The first-order valence-corrected chi connectivity index (χ1v) is 9.92. The summed E-state index contributed by atoms with van der Waals surface area (Å²) in [6.45, 7) is 2.74. The molecule has 0 aromatic heterocycles.